The molecule has 0 spiro atoms. The number of anilines is 1. The topological polar surface area (TPSA) is 82.0 Å². The van der Waals surface area contributed by atoms with Gasteiger partial charge < -0.3 is 5.73 Å². The average Bonchev–Trinajstić information content (AvgIpc) is 1.94. The lowest BCUT2D eigenvalue weighted by atomic mass is 10.4. The number of aromatic nitrogens is 1. The standard InChI is InChI=1S/C5H4BrN3O2/c6-4-3(9(10)11)1-2-8-5(4)7/h1-2H,(H2,7,8). The summed E-state index contributed by atoms with van der Waals surface area (Å²) < 4.78 is 0.227. The fourth-order valence-corrected chi connectivity index (χ4v) is 0.970. The number of hydrogen-bond acceptors (Lipinski definition) is 4. The van der Waals surface area contributed by atoms with Gasteiger partial charge in [-0.05, 0) is 15.9 Å². The highest BCUT2D eigenvalue weighted by atomic mass is 79.9. The summed E-state index contributed by atoms with van der Waals surface area (Å²) in [6.45, 7) is 0. The van der Waals surface area contributed by atoms with E-state index in [1.807, 2.05) is 0 Å². The number of nitrogens with two attached hydrogens (primary N) is 1. The number of pyridine rings is 1. The van der Waals surface area contributed by atoms with Crippen molar-refractivity contribution < 1.29 is 4.92 Å². The highest BCUT2D eigenvalue weighted by molar-refractivity contribution is 9.10. The van der Waals surface area contributed by atoms with Gasteiger partial charge in [-0.25, -0.2) is 4.98 Å². The summed E-state index contributed by atoms with van der Waals surface area (Å²) in [6.07, 6.45) is 1.29. The van der Waals surface area contributed by atoms with Crippen LogP contribution in [0.4, 0.5) is 11.5 Å². The first kappa shape index (κ1) is 7.93. The van der Waals surface area contributed by atoms with Crippen LogP contribution >= 0.6 is 15.9 Å². The van der Waals surface area contributed by atoms with Crippen LogP contribution in [0.1, 0.15) is 0 Å². The molecule has 6 heteroatoms. The van der Waals surface area contributed by atoms with E-state index >= 15 is 0 Å². The minimum Gasteiger partial charge on any atom is -0.383 e. The first-order valence-corrected chi connectivity index (χ1v) is 3.46. The predicted molar refractivity (Wildman–Crippen MR) is 43.0 cm³/mol. The number of rotatable bonds is 1. The molecule has 1 rings (SSSR count). The molecule has 0 aliphatic heterocycles. The Morgan fingerprint density at radius 1 is 1.73 bits per heavy atom. The van der Waals surface area contributed by atoms with Crippen molar-refractivity contribution in [2.24, 2.45) is 0 Å². The largest absolute Gasteiger partial charge is 0.383 e. The maximum absolute atomic E-state index is 10.3. The van der Waals surface area contributed by atoms with Crippen LogP contribution in [0.3, 0.4) is 0 Å². The molecule has 0 radical (unpaired) electrons. The molecular weight excluding hydrogens is 214 g/mol. The zero-order valence-electron chi connectivity index (χ0n) is 5.32. The average molecular weight is 218 g/mol. The van der Waals surface area contributed by atoms with Crippen molar-refractivity contribution in [2.75, 3.05) is 5.73 Å². The van der Waals surface area contributed by atoms with Crippen LogP contribution < -0.4 is 5.73 Å². The van der Waals surface area contributed by atoms with E-state index in [2.05, 4.69) is 20.9 Å². The van der Waals surface area contributed by atoms with Gasteiger partial charge in [-0.1, -0.05) is 0 Å². The van der Waals surface area contributed by atoms with Crippen molar-refractivity contribution >= 4 is 27.4 Å². The lowest BCUT2D eigenvalue weighted by Crippen LogP contribution is -1.95. The summed E-state index contributed by atoms with van der Waals surface area (Å²) >= 11 is 2.95. The summed E-state index contributed by atoms with van der Waals surface area (Å²) in [5.74, 6) is 0.124. The molecule has 0 amide bonds. The fourth-order valence-electron chi connectivity index (χ4n) is 0.590. The maximum Gasteiger partial charge on any atom is 0.288 e. The van der Waals surface area contributed by atoms with E-state index in [0.29, 0.717) is 0 Å². The van der Waals surface area contributed by atoms with Gasteiger partial charge in [0.2, 0.25) is 0 Å². The van der Waals surface area contributed by atoms with E-state index < -0.39 is 4.92 Å². The third-order valence-corrected chi connectivity index (χ3v) is 1.90. The Balaban J connectivity index is 3.27. The molecular formula is C5H4BrN3O2. The van der Waals surface area contributed by atoms with E-state index in [0.717, 1.165) is 0 Å². The van der Waals surface area contributed by atoms with Crippen LogP contribution in [-0.2, 0) is 0 Å². The first-order valence-electron chi connectivity index (χ1n) is 2.67. The van der Waals surface area contributed by atoms with E-state index in [-0.39, 0.29) is 16.0 Å². The molecule has 0 saturated carbocycles. The van der Waals surface area contributed by atoms with Crippen LogP contribution in [0.5, 0.6) is 0 Å². The van der Waals surface area contributed by atoms with Gasteiger partial charge in [-0.2, -0.15) is 0 Å². The molecule has 0 bridgehead atoms. The SMILES string of the molecule is Nc1nccc([N+](=O)[O-])c1Br. The molecule has 1 aromatic rings. The number of hydrogen-bond donors (Lipinski definition) is 1. The molecule has 11 heavy (non-hydrogen) atoms. The molecule has 0 aromatic carbocycles. The summed E-state index contributed by atoms with van der Waals surface area (Å²) in [7, 11) is 0. The summed E-state index contributed by atoms with van der Waals surface area (Å²) in [4.78, 5) is 13.4. The third-order valence-electron chi connectivity index (χ3n) is 1.09. The quantitative estimate of drug-likeness (QED) is 0.569. The Morgan fingerprint density at radius 2 is 2.36 bits per heavy atom. The molecule has 0 fully saturated rings. The van der Waals surface area contributed by atoms with Gasteiger partial charge in [0.25, 0.3) is 5.69 Å². The molecule has 5 nitrogen and oxygen atoms in total. The first-order chi connectivity index (χ1) is 5.13. The van der Waals surface area contributed by atoms with Gasteiger partial charge in [0.05, 0.1) is 4.92 Å². The summed E-state index contributed by atoms with van der Waals surface area (Å²) in [5.41, 5.74) is 5.22. The predicted octanol–water partition coefficient (Wildman–Crippen LogP) is 1.33. The van der Waals surface area contributed by atoms with Crippen molar-refractivity contribution in [3.05, 3.63) is 26.9 Å². The molecule has 2 N–H and O–H groups in total. The molecule has 0 aliphatic carbocycles. The third kappa shape index (κ3) is 1.45. The molecule has 0 aliphatic rings. The van der Waals surface area contributed by atoms with Crippen LogP contribution in [0.15, 0.2) is 16.7 Å². The maximum atomic E-state index is 10.3. The monoisotopic (exact) mass is 217 g/mol. The molecule has 1 aromatic heterocycles. The molecule has 1 heterocycles. The second kappa shape index (κ2) is 2.83. The van der Waals surface area contributed by atoms with Crippen molar-refractivity contribution in [2.45, 2.75) is 0 Å². The Labute approximate surface area is 70.5 Å². The molecule has 0 unspecified atom stereocenters. The minimum absolute atomic E-state index is 0.0718. The highest BCUT2D eigenvalue weighted by Crippen LogP contribution is 2.27. The lowest BCUT2D eigenvalue weighted by molar-refractivity contribution is -0.385. The molecule has 0 saturated heterocycles. The van der Waals surface area contributed by atoms with Crippen molar-refractivity contribution in [1.29, 1.82) is 0 Å². The number of halogens is 1. The second-order valence-corrected chi connectivity index (χ2v) is 2.58. The zero-order valence-corrected chi connectivity index (χ0v) is 6.91. The Morgan fingerprint density at radius 3 is 2.82 bits per heavy atom. The Hall–Kier alpha value is -1.17. The van der Waals surface area contributed by atoms with Gasteiger partial charge in [-0.3, -0.25) is 10.1 Å². The van der Waals surface area contributed by atoms with E-state index in [4.69, 9.17) is 5.73 Å². The minimum atomic E-state index is -0.526. The van der Waals surface area contributed by atoms with Crippen molar-refractivity contribution in [3.63, 3.8) is 0 Å². The van der Waals surface area contributed by atoms with Gasteiger partial charge in [0, 0.05) is 12.3 Å². The van der Waals surface area contributed by atoms with Gasteiger partial charge in [-0.15, -0.1) is 0 Å². The summed E-state index contributed by atoms with van der Waals surface area (Å²) in [6, 6.07) is 1.28. The summed E-state index contributed by atoms with van der Waals surface area (Å²) in [5, 5.41) is 10.3. The Kier molecular flexibility index (Phi) is 2.04. The van der Waals surface area contributed by atoms with Crippen LogP contribution in [-0.4, -0.2) is 9.91 Å². The van der Waals surface area contributed by atoms with E-state index in [1.165, 1.54) is 12.3 Å². The zero-order chi connectivity index (χ0) is 8.43. The smallest absolute Gasteiger partial charge is 0.288 e. The normalized spacial score (nSPS) is 9.55. The van der Waals surface area contributed by atoms with Crippen molar-refractivity contribution in [1.82, 2.24) is 4.98 Å². The van der Waals surface area contributed by atoms with Crippen LogP contribution in [0.25, 0.3) is 0 Å². The molecule has 0 atom stereocenters. The Bertz CT molecular complexity index is 302. The van der Waals surface area contributed by atoms with Crippen LogP contribution in [0.2, 0.25) is 0 Å². The van der Waals surface area contributed by atoms with Crippen LogP contribution in [0, 0.1) is 10.1 Å². The fraction of sp³-hybridized carbons (Fsp3) is 0. The number of nitro groups is 1. The second-order valence-electron chi connectivity index (χ2n) is 1.79. The molecule has 58 valence electrons. The number of nitrogen functional groups attached to an aromatic ring is 1. The van der Waals surface area contributed by atoms with Gasteiger partial charge >= 0.3 is 0 Å². The van der Waals surface area contributed by atoms with E-state index in [1.54, 1.807) is 0 Å². The number of nitrogens with zero attached hydrogens (tertiary/aromatic N) is 2. The van der Waals surface area contributed by atoms with Gasteiger partial charge in [0.1, 0.15) is 10.3 Å². The van der Waals surface area contributed by atoms with Crippen molar-refractivity contribution in [3.8, 4) is 0 Å². The van der Waals surface area contributed by atoms with Gasteiger partial charge in [0.15, 0.2) is 0 Å². The van der Waals surface area contributed by atoms with E-state index in [9.17, 15) is 10.1 Å². The lowest BCUT2D eigenvalue weighted by Gasteiger charge is -1.96. The highest BCUT2D eigenvalue weighted by Gasteiger charge is 2.13.